The maximum atomic E-state index is 12.8. The van der Waals surface area contributed by atoms with Crippen molar-refractivity contribution in [1.29, 1.82) is 0 Å². The number of carbonyl (C=O) groups is 2. The van der Waals surface area contributed by atoms with Crippen LogP contribution >= 0.6 is 15.9 Å². The van der Waals surface area contributed by atoms with Crippen molar-refractivity contribution < 1.29 is 14.3 Å². The van der Waals surface area contributed by atoms with Crippen molar-refractivity contribution in [2.45, 2.75) is 6.54 Å². The van der Waals surface area contributed by atoms with E-state index in [-0.39, 0.29) is 17.5 Å². The number of methoxy groups -OCH3 is 1. The topological polar surface area (TPSA) is 67.4 Å². The summed E-state index contributed by atoms with van der Waals surface area (Å²) in [6.07, 6.45) is 1.64. The quantitative estimate of drug-likeness (QED) is 0.504. The third-order valence-electron chi connectivity index (χ3n) is 4.32. The van der Waals surface area contributed by atoms with Crippen molar-refractivity contribution in [2.75, 3.05) is 7.11 Å². The molecule has 0 aromatic heterocycles. The number of nitrogens with one attached hydrogen (secondary N) is 2. The van der Waals surface area contributed by atoms with E-state index >= 15 is 0 Å². The van der Waals surface area contributed by atoms with Gasteiger partial charge in [-0.1, -0.05) is 58.4 Å². The zero-order chi connectivity index (χ0) is 21.3. The molecule has 0 fully saturated rings. The molecule has 5 nitrogen and oxygen atoms in total. The van der Waals surface area contributed by atoms with Crippen LogP contribution in [0.2, 0.25) is 0 Å². The molecule has 152 valence electrons. The lowest BCUT2D eigenvalue weighted by atomic mass is 10.1. The van der Waals surface area contributed by atoms with Crippen LogP contribution in [0.4, 0.5) is 0 Å². The van der Waals surface area contributed by atoms with Crippen molar-refractivity contribution in [3.8, 4) is 5.75 Å². The Morgan fingerprint density at radius 1 is 0.933 bits per heavy atom. The van der Waals surface area contributed by atoms with Gasteiger partial charge in [0.25, 0.3) is 11.8 Å². The number of amides is 2. The summed E-state index contributed by atoms with van der Waals surface area (Å²) in [5.41, 5.74) is 2.34. The zero-order valence-corrected chi connectivity index (χ0v) is 18.0. The number of carbonyl (C=O) groups excluding carboxylic acids is 2. The largest absolute Gasteiger partial charge is 0.497 e. The van der Waals surface area contributed by atoms with Crippen LogP contribution in [0.25, 0.3) is 6.08 Å². The monoisotopic (exact) mass is 464 g/mol. The predicted octanol–water partition coefficient (Wildman–Crippen LogP) is 4.55. The molecule has 2 amide bonds. The molecule has 3 rings (SSSR count). The van der Waals surface area contributed by atoms with Crippen molar-refractivity contribution in [3.05, 3.63) is 106 Å². The fraction of sp³-hybridized carbons (Fsp3) is 0.0833. The minimum atomic E-state index is -0.375. The number of hydrogen-bond acceptors (Lipinski definition) is 3. The summed E-state index contributed by atoms with van der Waals surface area (Å²) in [4.78, 5) is 25.5. The van der Waals surface area contributed by atoms with Crippen LogP contribution in [-0.2, 0) is 11.3 Å². The summed E-state index contributed by atoms with van der Waals surface area (Å²) in [5.74, 6) is -0.0293. The van der Waals surface area contributed by atoms with Crippen molar-refractivity contribution in [2.24, 2.45) is 0 Å². The highest BCUT2D eigenvalue weighted by Crippen LogP contribution is 2.15. The molecule has 0 radical (unpaired) electrons. The Labute approximate surface area is 183 Å². The maximum absolute atomic E-state index is 12.8. The zero-order valence-electron chi connectivity index (χ0n) is 16.4. The molecule has 0 atom stereocenters. The molecule has 0 aliphatic heterocycles. The van der Waals surface area contributed by atoms with Gasteiger partial charge in [-0.2, -0.15) is 0 Å². The Morgan fingerprint density at radius 2 is 1.60 bits per heavy atom. The summed E-state index contributed by atoms with van der Waals surface area (Å²) < 4.78 is 6.04. The molecule has 3 aromatic rings. The van der Waals surface area contributed by atoms with Gasteiger partial charge in [-0.3, -0.25) is 9.59 Å². The first-order valence-corrected chi connectivity index (χ1v) is 10.1. The van der Waals surface area contributed by atoms with E-state index in [1.807, 2.05) is 42.5 Å². The van der Waals surface area contributed by atoms with Crippen molar-refractivity contribution >= 4 is 33.8 Å². The molecule has 30 heavy (non-hydrogen) atoms. The molecule has 6 heteroatoms. The predicted molar refractivity (Wildman–Crippen MR) is 121 cm³/mol. The lowest BCUT2D eigenvalue weighted by Gasteiger charge is -2.12. The van der Waals surface area contributed by atoms with E-state index < -0.39 is 0 Å². The molecular formula is C24H21BrN2O3. The first-order chi connectivity index (χ1) is 14.5. The van der Waals surface area contributed by atoms with E-state index in [1.54, 1.807) is 49.6 Å². The van der Waals surface area contributed by atoms with Crippen molar-refractivity contribution in [3.63, 3.8) is 0 Å². The normalized spacial score (nSPS) is 10.9. The van der Waals surface area contributed by atoms with Gasteiger partial charge in [0, 0.05) is 16.6 Å². The summed E-state index contributed by atoms with van der Waals surface area (Å²) >= 11 is 3.35. The van der Waals surface area contributed by atoms with Gasteiger partial charge in [-0.15, -0.1) is 0 Å². The highest BCUT2D eigenvalue weighted by atomic mass is 79.9. The van der Waals surface area contributed by atoms with E-state index in [0.29, 0.717) is 17.9 Å². The Morgan fingerprint density at radius 3 is 2.23 bits per heavy atom. The highest BCUT2D eigenvalue weighted by molar-refractivity contribution is 9.10. The van der Waals surface area contributed by atoms with Gasteiger partial charge >= 0.3 is 0 Å². The summed E-state index contributed by atoms with van der Waals surface area (Å²) in [6, 6.07) is 23.7. The smallest absolute Gasteiger partial charge is 0.268 e. The van der Waals surface area contributed by atoms with Gasteiger partial charge in [0.05, 0.1) is 7.11 Å². The third kappa shape index (κ3) is 6.06. The van der Waals surface area contributed by atoms with Gasteiger partial charge in [0.15, 0.2) is 0 Å². The maximum Gasteiger partial charge on any atom is 0.268 e. The summed E-state index contributed by atoms with van der Waals surface area (Å²) in [5, 5.41) is 5.58. The van der Waals surface area contributed by atoms with Crippen LogP contribution < -0.4 is 15.4 Å². The lowest BCUT2D eigenvalue weighted by Crippen LogP contribution is -2.34. The number of benzene rings is 3. The fourth-order valence-electron chi connectivity index (χ4n) is 2.69. The summed E-state index contributed by atoms with van der Waals surface area (Å²) in [7, 11) is 1.59. The van der Waals surface area contributed by atoms with Gasteiger partial charge in [0.1, 0.15) is 11.4 Å². The molecule has 3 aromatic carbocycles. The third-order valence-corrected chi connectivity index (χ3v) is 4.85. The van der Waals surface area contributed by atoms with Gasteiger partial charge in [-0.05, 0) is 53.6 Å². The fourth-order valence-corrected chi connectivity index (χ4v) is 2.96. The Bertz CT molecular complexity index is 1030. The molecule has 0 bridgehead atoms. The van der Waals surface area contributed by atoms with Crippen LogP contribution in [0, 0.1) is 0 Å². The average Bonchev–Trinajstić information content (AvgIpc) is 2.78. The molecule has 0 saturated carbocycles. The molecule has 0 spiro atoms. The molecule has 0 aliphatic carbocycles. The molecule has 0 unspecified atom stereocenters. The Hall–Kier alpha value is -3.38. The number of ether oxygens (including phenoxy) is 1. The number of hydrogen-bond donors (Lipinski definition) is 2. The Balaban J connectivity index is 1.81. The van der Waals surface area contributed by atoms with E-state index in [9.17, 15) is 9.59 Å². The van der Waals surface area contributed by atoms with E-state index in [1.165, 1.54) is 0 Å². The van der Waals surface area contributed by atoms with Crippen molar-refractivity contribution in [1.82, 2.24) is 10.6 Å². The van der Waals surface area contributed by atoms with Gasteiger partial charge in [-0.25, -0.2) is 0 Å². The SMILES string of the molecule is COc1ccc(C=C(NC(=O)c2ccc(Br)cc2)C(=O)NCc2ccccc2)cc1. The first-order valence-electron chi connectivity index (χ1n) is 9.30. The molecular weight excluding hydrogens is 444 g/mol. The highest BCUT2D eigenvalue weighted by Gasteiger charge is 2.14. The molecule has 2 N–H and O–H groups in total. The minimum Gasteiger partial charge on any atom is -0.497 e. The average molecular weight is 465 g/mol. The second-order valence-electron chi connectivity index (χ2n) is 6.46. The second kappa shape index (κ2) is 10.4. The van der Waals surface area contributed by atoms with Gasteiger partial charge in [0.2, 0.25) is 0 Å². The Kier molecular flexibility index (Phi) is 7.40. The van der Waals surface area contributed by atoms with Crippen LogP contribution in [0.3, 0.4) is 0 Å². The van der Waals surface area contributed by atoms with Crippen LogP contribution in [0.5, 0.6) is 5.75 Å². The lowest BCUT2D eigenvalue weighted by molar-refractivity contribution is -0.117. The first kappa shape index (κ1) is 21.3. The van der Waals surface area contributed by atoms with E-state index in [0.717, 1.165) is 15.6 Å². The molecule has 0 heterocycles. The summed E-state index contributed by atoms with van der Waals surface area (Å²) in [6.45, 7) is 0.355. The number of halogens is 1. The van der Waals surface area contributed by atoms with E-state index in [4.69, 9.17) is 4.74 Å². The second-order valence-corrected chi connectivity index (χ2v) is 7.38. The minimum absolute atomic E-state index is 0.156. The van der Waals surface area contributed by atoms with Crippen LogP contribution in [0.1, 0.15) is 21.5 Å². The number of rotatable bonds is 7. The standard InChI is InChI=1S/C24H21BrN2O3/c1-30-21-13-7-17(8-14-21)15-22(24(29)26-16-18-5-3-2-4-6-18)27-23(28)19-9-11-20(25)12-10-19/h2-15H,16H2,1H3,(H,26,29)(H,27,28). The molecule has 0 aliphatic rings. The van der Waals surface area contributed by atoms with Gasteiger partial charge < -0.3 is 15.4 Å². The van der Waals surface area contributed by atoms with Crippen LogP contribution in [-0.4, -0.2) is 18.9 Å². The molecule has 0 saturated heterocycles. The van der Waals surface area contributed by atoms with E-state index in [2.05, 4.69) is 26.6 Å². The van der Waals surface area contributed by atoms with Crippen LogP contribution in [0.15, 0.2) is 89.0 Å².